The molecule has 0 saturated heterocycles. The summed E-state index contributed by atoms with van der Waals surface area (Å²) >= 11 is -2.13. The van der Waals surface area contributed by atoms with E-state index in [0.29, 0.717) is 12.5 Å². The van der Waals surface area contributed by atoms with Crippen LogP contribution in [0.15, 0.2) is 12.3 Å². The van der Waals surface area contributed by atoms with Crippen LogP contribution in [-0.2, 0) is 22.0 Å². The zero-order valence-corrected chi connectivity index (χ0v) is 11.4. The Balaban J connectivity index is 1.85. The molecule has 1 aliphatic carbocycles. The first-order valence-corrected chi connectivity index (χ1v) is 7.71. The summed E-state index contributed by atoms with van der Waals surface area (Å²) in [6.45, 7) is 0.326. The second kappa shape index (κ2) is 7.07. The topological polar surface area (TPSA) is 62.3 Å². The summed E-state index contributed by atoms with van der Waals surface area (Å²) in [6.07, 6.45) is 10.3. The highest BCUT2D eigenvalue weighted by Gasteiger charge is 2.18. The molecule has 1 saturated carbocycles. The van der Waals surface area contributed by atoms with Gasteiger partial charge >= 0.3 is 11.4 Å². The Morgan fingerprint density at radius 1 is 1.39 bits per heavy atom. The Kier molecular flexibility index (Phi) is 5.41. The van der Waals surface area contributed by atoms with Gasteiger partial charge in [0.15, 0.2) is 0 Å². The van der Waals surface area contributed by atoms with Crippen molar-refractivity contribution >= 4 is 11.4 Å². The van der Waals surface area contributed by atoms with E-state index in [1.54, 1.807) is 0 Å². The monoisotopic (exact) mass is 271 g/mol. The second-order valence-electron chi connectivity index (χ2n) is 4.89. The minimum atomic E-state index is -2.13. The number of aryl methyl sites for hydroxylation is 1. The van der Waals surface area contributed by atoms with Gasteiger partial charge in [0.2, 0.25) is 0 Å². The van der Waals surface area contributed by atoms with E-state index in [1.165, 1.54) is 43.4 Å². The maximum absolute atomic E-state index is 10.4. The Bertz CT molecular complexity index is 385. The van der Waals surface area contributed by atoms with Gasteiger partial charge in [-0.1, -0.05) is 19.3 Å². The van der Waals surface area contributed by atoms with Gasteiger partial charge < -0.3 is 4.98 Å². The largest absolute Gasteiger partial charge is 0.365 e. The van der Waals surface area contributed by atoms with Crippen molar-refractivity contribution in [3.8, 4) is 0 Å². The number of nitrogens with one attached hydrogen (secondary N) is 1. The van der Waals surface area contributed by atoms with E-state index in [9.17, 15) is 4.21 Å². The van der Waals surface area contributed by atoms with Crippen LogP contribution in [0.5, 0.6) is 0 Å². The molecule has 0 bridgehead atoms. The standard InChI is InChI=1S/C13H21NO3S/c15-18(16)17-10-4-7-13-12(8-9-14-13)11-5-2-1-3-6-11/h8-9,11,14H,1-7,10H2,(H,15,16). The normalized spacial score (nSPS) is 18.9. The molecule has 2 N–H and O–H groups in total. The van der Waals surface area contributed by atoms with E-state index in [1.807, 2.05) is 6.20 Å². The van der Waals surface area contributed by atoms with Crippen LogP contribution in [0.1, 0.15) is 55.7 Å². The van der Waals surface area contributed by atoms with Crippen LogP contribution in [-0.4, -0.2) is 20.4 Å². The number of hydrogen-bond donors (Lipinski definition) is 2. The molecule has 0 amide bonds. The van der Waals surface area contributed by atoms with E-state index in [2.05, 4.69) is 15.2 Å². The molecule has 1 aromatic rings. The van der Waals surface area contributed by atoms with Crippen molar-refractivity contribution in [3.05, 3.63) is 23.5 Å². The highest BCUT2D eigenvalue weighted by Crippen LogP contribution is 2.34. The molecular formula is C13H21NO3S. The summed E-state index contributed by atoms with van der Waals surface area (Å²) < 4.78 is 23.5. The maximum Gasteiger partial charge on any atom is 0.301 e. The van der Waals surface area contributed by atoms with Crippen LogP contribution in [0.25, 0.3) is 0 Å². The fourth-order valence-corrected chi connectivity index (χ4v) is 3.07. The Labute approximate surface area is 111 Å². The molecule has 0 aromatic carbocycles. The highest BCUT2D eigenvalue weighted by molar-refractivity contribution is 7.74. The van der Waals surface area contributed by atoms with Gasteiger partial charge in [-0.2, -0.15) is 4.21 Å². The van der Waals surface area contributed by atoms with Crippen LogP contribution >= 0.6 is 0 Å². The third-order valence-electron chi connectivity index (χ3n) is 3.67. The fourth-order valence-electron chi connectivity index (χ4n) is 2.81. The van der Waals surface area contributed by atoms with E-state index in [-0.39, 0.29) is 0 Å². The van der Waals surface area contributed by atoms with Crippen LogP contribution in [0.2, 0.25) is 0 Å². The Morgan fingerprint density at radius 2 is 2.17 bits per heavy atom. The molecule has 1 unspecified atom stereocenters. The SMILES string of the molecule is O=S(O)OCCCc1[nH]ccc1C1CCCCC1. The number of hydrogen-bond acceptors (Lipinski definition) is 2. The second-order valence-corrected chi connectivity index (χ2v) is 5.56. The first-order chi connectivity index (χ1) is 8.77. The van der Waals surface area contributed by atoms with Crippen molar-refractivity contribution in [3.63, 3.8) is 0 Å². The molecule has 0 spiro atoms. The van der Waals surface area contributed by atoms with Gasteiger partial charge in [-0.05, 0) is 43.2 Å². The summed E-state index contributed by atoms with van der Waals surface area (Å²) in [5.74, 6) is 0.702. The van der Waals surface area contributed by atoms with Crippen LogP contribution in [0, 0.1) is 0 Å². The van der Waals surface area contributed by atoms with Crippen molar-refractivity contribution in [1.82, 2.24) is 4.98 Å². The average molecular weight is 271 g/mol. The third kappa shape index (κ3) is 3.93. The maximum atomic E-state index is 10.4. The smallest absolute Gasteiger partial charge is 0.301 e. The van der Waals surface area contributed by atoms with Gasteiger partial charge in [-0.15, -0.1) is 0 Å². The van der Waals surface area contributed by atoms with Crippen molar-refractivity contribution in [2.45, 2.75) is 50.9 Å². The summed E-state index contributed by atoms with van der Waals surface area (Å²) in [6, 6.07) is 2.19. The zero-order chi connectivity index (χ0) is 12.8. The van der Waals surface area contributed by atoms with E-state index < -0.39 is 11.4 Å². The third-order valence-corrected chi connectivity index (χ3v) is 4.04. The van der Waals surface area contributed by atoms with Gasteiger partial charge in [0, 0.05) is 11.9 Å². The van der Waals surface area contributed by atoms with Crippen molar-refractivity contribution in [1.29, 1.82) is 0 Å². The molecule has 1 aromatic heterocycles. The molecule has 5 heteroatoms. The zero-order valence-electron chi connectivity index (χ0n) is 10.6. The summed E-state index contributed by atoms with van der Waals surface area (Å²) in [5.41, 5.74) is 2.72. The van der Waals surface area contributed by atoms with Crippen molar-refractivity contribution < 1.29 is 12.9 Å². The molecule has 4 nitrogen and oxygen atoms in total. The van der Waals surface area contributed by atoms with Gasteiger partial charge in [-0.3, -0.25) is 8.74 Å². The molecule has 0 radical (unpaired) electrons. The fraction of sp³-hybridized carbons (Fsp3) is 0.692. The minimum Gasteiger partial charge on any atom is -0.365 e. The molecule has 1 heterocycles. The van der Waals surface area contributed by atoms with E-state index in [4.69, 9.17) is 4.55 Å². The van der Waals surface area contributed by atoms with Crippen LogP contribution in [0.4, 0.5) is 0 Å². The molecule has 2 rings (SSSR count). The Hall–Kier alpha value is -0.650. The molecule has 1 aliphatic rings. The number of rotatable bonds is 6. The summed E-state index contributed by atoms with van der Waals surface area (Å²) in [7, 11) is 0. The lowest BCUT2D eigenvalue weighted by molar-refractivity contribution is 0.301. The lowest BCUT2D eigenvalue weighted by atomic mass is 9.83. The molecule has 18 heavy (non-hydrogen) atoms. The van der Waals surface area contributed by atoms with Crippen molar-refractivity contribution in [2.75, 3.05) is 6.61 Å². The molecule has 1 fully saturated rings. The predicted octanol–water partition coefficient (Wildman–Crippen LogP) is 3.15. The number of H-pyrrole nitrogens is 1. The molecular weight excluding hydrogens is 250 g/mol. The van der Waals surface area contributed by atoms with Gasteiger partial charge in [-0.25, -0.2) is 0 Å². The van der Waals surface area contributed by atoms with Gasteiger partial charge in [0.25, 0.3) is 0 Å². The van der Waals surface area contributed by atoms with Crippen LogP contribution in [0.3, 0.4) is 0 Å². The Morgan fingerprint density at radius 3 is 2.89 bits per heavy atom. The van der Waals surface area contributed by atoms with Crippen molar-refractivity contribution in [2.24, 2.45) is 0 Å². The summed E-state index contributed by atoms with van der Waals surface area (Å²) in [5, 5.41) is 0. The van der Waals surface area contributed by atoms with E-state index >= 15 is 0 Å². The first kappa shape index (κ1) is 13.8. The van der Waals surface area contributed by atoms with Gasteiger partial charge in [0.1, 0.15) is 0 Å². The number of aromatic amines is 1. The van der Waals surface area contributed by atoms with E-state index in [0.717, 1.165) is 12.8 Å². The number of aromatic nitrogens is 1. The van der Waals surface area contributed by atoms with Gasteiger partial charge in [0.05, 0.1) is 6.61 Å². The lowest BCUT2D eigenvalue weighted by Crippen LogP contribution is -2.07. The molecule has 1 atom stereocenters. The predicted molar refractivity (Wildman–Crippen MR) is 71.7 cm³/mol. The highest BCUT2D eigenvalue weighted by atomic mass is 32.2. The molecule has 0 aliphatic heterocycles. The van der Waals surface area contributed by atoms with Crippen LogP contribution < -0.4 is 0 Å². The lowest BCUT2D eigenvalue weighted by Gasteiger charge is -2.22. The minimum absolute atomic E-state index is 0.326. The summed E-state index contributed by atoms with van der Waals surface area (Å²) in [4.78, 5) is 3.30. The first-order valence-electron chi connectivity index (χ1n) is 6.67. The molecule has 102 valence electrons. The average Bonchev–Trinajstić information content (AvgIpc) is 2.84. The quantitative estimate of drug-likeness (QED) is 0.617.